The first-order valence-corrected chi connectivity index (χ1v) is 9.58. The van der Waals surface area contributed by atoms with Gasteiger partial charge < -0.3 is 14.0 Å². The van der Waals surface area contributed by atoms with Crippen molar-refractivity contribution in [2.24, 2.45) is 0 Å². The van der Waals surface area contributed by atoms with Crippen LogP contribution in [0.1, 0.15) is 12.0 Å². The van der Waals surface area contributed by atoms with Gasteiger partial charge in [0.1, 0.15) is 0 Å². The van der Waals surface area contributed by atoms with Crippen LogP contribution in [0.5, 0.6) is 0 Å². The van der Waals surface area contributed by atoms with E-state index >= 15 is 0 Å². The van der Waals surface area contributed by atoms with Crippen molar-refractivity contribution in [2.75, 3.05) is 52.5 Å². The lowest BCUT2D eigenvalue weighted by Crippen LogP contribution is -2.44. The molecule has 3 heterocycles. The summed E-state index contributed by atoms with van der Waals surface area (Å²) in [4.78, 5) is 9.11. The van der Waals surface area contributed by atoms with Gasteiger partial charge in [0.25, 0.3) is 0 Å². The highest BCUT2D eigenvalue weighted by Crippen LogP contribution is 2.15. The third-order valence-electron chi connectivity index (χ3n) is 5.14. The molecule has 2 aromatic rings. The lowest BCUT2D eigenvalue weighted by molar-refractivity contribution is -0.0122. The average molecular weight is 356 g/mol. The van der Waals surface area contributed by atoms with Crippen LogP contribution in [0.2, 0.25) is 0 Å². The normalized spacial score (nSPS) is 23.0. The van der Waals surface area contributed by atoms with Gasteiger partial charge in [-0.3, -0.25) is 9.80 Å². The Kier molecular flexibility index (Phi) is 5.96. The van der Waals surface area contributed by atoms with Crippen LogP contribution in [0, 0.1) is 0 Å². The Labute approximate surface area is 155 Å². The second-order valence-corrected chi connectivity index (χ2v) is 7.13. The van der Waals surface area contributed by atoms with Crippen LogP contribution in [0.3, 0.4) is 0 Å². The molecule has 1 aromatic carbocycles. The van der Waals surface area contributed by atoms with Crippen LogP contribution in [-0.2, 0) is 16.0 Å². The number of aromatic nitrogens is 2. The second kappa shape index (κ2) is 8.77. The number of imidazole rings is 1. The number of ether oxygens (including phenoxy) is 2. The smallest absolute Gasteiger partial charge is 0.0991 e. The monoisotopic (exact) mass is 356 g/mol. The van der Waals surface area contributed by atoms with Gasteiger partial charge in [0.05, 0.1) is 25.6 Å². The van der Waals surface area contributed by atoms with Gasteiger partial charge in [-0.25, -0.2) is 4.98 Å². The van der Waals surface area contributed by atoms with E-state index in [-0.39, 0.29) is 0 Å². The van der Waals surface area contributed by atoms with Crippen LogP contribution in [0.15, 0.2) is 43.0 Å². The number of hydrogen-bond acceptors (Lipinski definition) is 5. The van der Waals surface area contributed by atoms with Crippen LogP contribution >= 0.6 is 0 Å². The number of benzene rings is 1. The van der Waals surface area contributed by atoms with Crippen molar-refractivity contribution in [3.8, 4) is 5.69 Å². The predicted octanol–water partition coefficient (Wildman–Crippen LogP) is 1.80. The summed E-state index contributed by atoms with van der Waals surface area (Å²) in [6.07, 6.45) is 7.00. The summed E-state index contributed by atoms with van der Waals surface area (Å²) in [7, 11) is 0. The number of morpholine rings is 1. The quantitative estimate of drug-likeness (QED) is 0.817. The third-order valence-corrected chi connectivity index (χ3v) is 5.14. The van der Waals surface area contributed by atoms with E-state index in [4.69, 9.17) is 9.47 Å². The minimum absolute atomic E-state index is 0.292. The number of hydrogen-bond donors (Lipinski definition) is 0. The van der Waals surface area contributed by atoms with Gasteiger partial charge in [0.15, 0.2) is 0 Å². The SMILES string of the molecule is c1cn(-c2ccc(CN3CCCO[C@H](CN4CCOCC4)C3)cc2)cn1. The summed E-state index contributed by atoms with van der Waals surface area (Å²) in [5, 5.41) is 0. The Morgan fingerprint density at radius 1 is 1.00 bits per heavy atom. The Hall–Kier alpha value is -1.73. The van der Waals surface area contributed by atoms with Crippen molar-refractivity contribution in [1.29, 1.82) is 0 Å². The summed E-state index contributed by atoms with van der Waals surface area (Å²) >= 11 is 0. The Morgan fingerprint density at radius 2 is 1.85 bits per heavy atom. The summed E-state index contributed by atoms with van der Waals surface area (Å²) in [6.45, 7) is 8.70. The van der Waals surface area contributed by atoms with E-state index < -0.39 is 0 Å². The van der Waals surface area contributed by atoms with Gasteiger partial charge in [0.2, 0.25) is 0 Å². The van der Waals surface area contributed by atoms with Crippen molar-refractivity contribution >= 4 is 0 Å². The molecule has 140 valence electrons. The first-order valence-electron chi connectivity index (χ1n) is 9.58. The molecular weight excluding hydrogens is 328 g/mol. The molecule has 4 rings (SSSR count). The maximum absolute atomic E-state index is 6.11. The largest absolute Gasteiger partial charge is 0.379 e. The molecule has 0 spiro atoms. The van der Waals surface area contributed by atoms with Crippen molar-refractivity contribution in [2.45, 2.75) is 19.1 Å². The highest BCUT2D eigenvalue weighted by atomic mass is 16.5. The topological polar surface area (TPSA) is 42.8 Å². The minimum Gasteiger partial charge on any atom is -0.379 e. The van der Waals surface area contributed by atoms with E-state index in [0.29, 0.717) is 6.10 Å². The zero-order chi connectivity index (χ0) is 17.6. The van der Waals surface area contributed by atoms with E-state index in [1.54, 1.807) is 6.20 Å². The first kappa shape index (κ1) is 17.7. The molecule has 2 aliphatic rings. The molecule has 2 saturated heterocycles. The molecule has 0 unspecified atom stereocenters. The molecule has 26 heavy (non-hydrogen) atoms. The molecule has 1 aromatic heterocycles. The highest BCUT2D eigenvalue weighted by molar-refractivity contribution is 5.34. The van der Waals surface area contributed by atoms with E-state index in [2.05, 4.69) is 39.0 Å². The number of nitrogens with zero attached hydrogens (tertiary/aromatic N) is 4. The maximum Gasteiger partial charge on any atom is 0.0991 e. The molecule has 6 heteroatoms. The van der Waals surface area contributed by atoms with Crippen LogP contribution in [-0.4, -0.2) is 78.0 Å². The van der Waals surface area contributed by atoms with Crippen LogP contribution in [0.4, 0.5) is 0 Å². The number of rotatable bonds is 5. The van der Waals surface area contributed by atoms with Gasteiger partial charge in [-0.05, 0) is 24.1 Å². The van der Waals surface area contributed by atoms with E-state index in [1.165, 1.54) is 5.56 Å². The summed E-state index contributed by atoms with van der Waals surface area (Å²) in [5.41, 5.74) is 2.50. The maximum atomic E-state index is 6.11. The van der Waals surface area contributed by atoms with Crippen molar-refractivity contribution in [1.82, 2.24) is 19.4 Å². The molecule has 0 aliphatic carbocycles. The van der Waals surface area contributed by atoms with E-state index in [0.717, 1.165) is 71.2 Å². The molecule has 1 atom stereocenters. The predicted molar refractivity (Wildman–Crippen MR) is 100 cm³/mol. The van der Waals surface area contributed by atoms with Gasteiger partial charge in [-0.15, -0.1) is 0 Å². The van der Waals surface area contributed by atoms with Gasteiger partial charge in [0, 0.05) is 64.0 Å². The van der Waals surface area contributed by atoms with Crippen LogP contribution in [0.25, 0.3) is 5.69 Å². The fourth-order valence-electron chi connectivity index (χ4n) is 3.74. The van der Waals surface area contributed by atoms with Gasteiger partial charge in [-0.2, -0.15) is 0 Å². The van der Waals surface area contributed by atoms with E-state index in [9.17, 15) is 0 Å². The molecule has 0 bridgehead atoms. The molecule has 0 amide bonds. The molecule has 0 radical (unpaired) electrons. The van der Waals surface area contributed by atoms with Crippen molar-refractivity contribution < 1.29 is 9.47 Å². The molecule has 0 N–H and O–H groups in total. The van der Waals surface area contributed by atoms with Gasteiger partial charge >= 0.3 is 0 Å². The average Bonchev–Trinajstić information content (AvgIpc) is 3.12. The zero-order valence-corrected chi connectivity index (χ0v) is 15.3. The van der Waals surface area contributed by atoms with E-state index in [1.807, 2.05) is 17.1 Å². The second-order valence-electron chi connectivity index (χ2n) is 7.13. The molecular formula is C20H28N4O2. The van der Waals surface area contributed by atoms with Crippen molar-refractivity contribution in [3.05, 3.63) is 48.5 Å². The highest BCUT2D eigenvalue weighted by Gasteiger charge is 2.22. The fourth-order valence-corrected chi connectivity index (χ4v) is 3.74. The Morgan fingerprint density at radius 3 is 2.62 bits per heavy atom. The molecule has 2 fully saturated rings. The first-order chi connectivity index (χ1) is 12.9. The van der Waals surface area contributed by atoms with Gasteiger partial charge in [-0.1, -0.05) is 12.1 Å². The third kappa shape index (κ3) is 4.71. The molecule has 0 saturated carbocycles. The standard InChI is InChI=1S/C20H28N4O2/c1-7-23(16-20(26-11-1)15-22-9-12-25-13-10-22)14-18-2-4-19(5-3-18)24-8-6-21-17-24/h2-6,8,17,20H,1,7,9-16H2/t20-/m1/s1. The summed E-state index contributed by atoms with van der Waals surface area (Å²) in [6, 6.07) is 8.77. The molecule has 6 nitrogen and oxygen atoms in total. The van der Waals surface area contributed by atoms with Crippen LogP contribution < -0.4 is 0 Å². The summed E-state index contributed by atoms with van der Waals surface area (Å²) in [5.74, 6) is 0. The molecule has 2 aliphatic heterocycles. The Bertz CT molecular complexity index is 653. The van der Waals surface area contributed by atoms with Crippen molar-refractivity contribution in [3.63, 3.8) is 0 Å². The lowest BCUT2D eigenvalue weighted by Gasteiger charge is -2.31. The fraction of sp³-hybridized carbons (Fsp3) is 0.550. The minimum atomic E-state index is 0.292. The lowest BCUT2D eigenvalue weighted by atomic mass is 10.1. The summed E-state index contributed by atoms with van der Waals surface area (Å²) < 4.78 is 13.6. The Balaban J connectivity index is 1.34. The zero-order valence-electron chi connectivity index (χ0n) is 15.3.